The number of fused-ring (bicyclic) bond motifs is 1. The van der Waals surface area contributed by atoms with E-state index in [0.717, 1.165) is 48.2 Å². The van der Waals surface area contributed by atoms with Crippen LogP contribution in [0.4, 0.5) is 5.69 Å². The standard InChI is InChI=1S/C20H15N3O6S4/c1-21-10-4-2-3-5-11(10)31-13(21)7-6-12-17(28)22(8-14(24)25)19(32-12)16-18(29)23(9-15(26)27)20(30)33-16/h2-7H,8-9H2,1H3,(H,24,25)(H,26,27). The number of benzene rings is 1. The van der Waals surface area contributed by atoms with Crippen molar-refractivity contribution in [2.75, 3.05) is 18.5 Å². The van der Waals surface area contributed by atoms with Crippen molar-refractivity contribution >= 4 is 85.9 Å². The third-order valence-corrected chi connectivity index (χ3v) is 8.59. The number of allylic oxidation sites excluding steroid dienone is 1. The van der Waals surface area contributed by atoms with Crippen molar-refractivity contribution in [1.29, 1.82) is 0 Å². The summed E-state index contributed by atoms with van der Waals surface area (Å²) in [7, 11) is 1.91. The van der Waals surface area contributed by atoms with Crippen LogP contribution in [0.1, 0.15) is 0 Å². The normalized spacial score (nSPS) is 19.1. The first kappa shape index (κ1) is 23.3. The van der Waals surface area contributed by atoms with Gasteiger partial charge in [0.05, 0.1) is 15.2 Å². The van der Waals surface area contributed by atoms with Gasteiger partial charge < -0.3 is 15.1 Å². The zero-order valence-electron chi connectivity index (χ0n) is 16.9. The summed E-state index contributed by atoms with van der Waals surface area (Å²) in [6.07, 6.45) is 3.36. The molecule has 1 aromatic carbocycles. The Labute approximate surface area is 204 Å². The van der Waals surface area contributed by atoms with Crippen LogP contribution in [0.25, 0.3) is 11.0 Å². The molecule has 0 bridgehead atoms. The van der Waals surface area contributed by atoms with Gasteiger partial charge in [0.15, 0.2) is 0 Å². The van der Waals surface area contributed by atoms with Crippen molar-refractivity contribution in [1.82, 2.24) is 9.47 Å². The molecule has 1 amide bonds. The number of carboxylic acid groups (broad SMARTS) is 2. The number of nitrogens with zero attached hydrogens (tertiary/aromatic N) is 3. The third-order valence-electron chi connectivity index (χ3n) is 4.69. The number of carbonyl (C=O) groups excluding carboxylic acids is 1. The van der Waals surface area contributed by atoms with Gasteiger partial charge in [-0.2, -0.15) is 0 Å². The molecule has 0 atom stereocenters. The molecule has 2 aliphatic heterocycles. The molecule has 3 heterocycles. The first-order chi connectivity index (χ1) is 15.7. The number of thiocarbonyl (C=S) groups is 1. The van der Waals surface area contributed by atoms with Gasteiger partial charge in [-0.15, -0.1) is 11.3 Å². The van der Waals surface area contributed by atoms with Gasteiger partial charge in [-0.25, -0.2) is 0 Å². The van der Waals surface area contributed by atoms with E-state index in [0.29, 0.717) is 0 Å². The van der Waals surface area contributed by atoms with E-state index in [-0.39, 0.29) is 18.4 Å². The molecule has 9 nitrogen and oxygen atoms in total. The number of thioether (sulfide) groups is 2. The molecular weight excluding hydrogens is 507 g/mol. The summed E-state index contributed by atoms with van der Waals surface area (Å²) in [5.74, 6) is -3.15. The van der Waals surface area contributed by atoms with Crippen molar-refractivity contribution < 1.29 is 24.6 Å². The van der Waals surface area contributed by atoms with Crippen LogP contribution in [0.15, 0.2) is 45.1 Å². The van der Waals surface area contributed by atoms with E-state index in [1.807, 2.05) is 36.2 Å². The maximum Gasteiger partial charge on any atom is 0.323 e. The van der Waals surface area contributed by atoms with Gasteiger partial charge in [0.25, 0.3) is 11.5 Å². The molecule has 0 saturated carbocycles. The number of thiazole rings is 1. The van der Waals surface area contributed by atoms with Crippen molar-refractivity contribution in [3.63, 3.8) is 0 Å². The maximum atomic E-state index is 13.0. The summed E-state index contributed by atoms with van der Waals surface area (Å²) in [5, 5.41) is 19.2. The number of carbonyl (C=O) groups is 3. The summed E-state index contributed by atoms with van der Waals surface area (Å²) in [5.41, 5.74) is 0.480. The molecule has 13 heteroatoms. The molecular formula is C20H15N3O6S4. The highest BCUT2D eigenvalue weighted by atomic mass is 32.2. The molecule has 170 valence electrons. The Morgan fingerprint density at radius 1 is 1.06 bits per heavy atom. The Bertz CT molecular complexity index is 1420. The Morgan fingerprint density at radius 3 is 2.42 bits per heavy atom. The average molecular weight is 522 g/mol. The first-order valence-electron chi connectivity index (χ1n) is 9.31. The van der Waals surface area contributed by atoms with Crippen LogP contribution in [-0.4, -0.2) is 55.4 Å². The molecule has 1 saturated heterocycles. The number of para-hydroxylation sites is 1. The number of hydrogen-bond acceptors (Lipinski definition) is 9. The summed E-state index contributed by atoms with van der Waals surface area (Å²) in [4.78, 5) is 52.2. The molecule has 2 aromatic rings. The topological polar surface area (TPSA) is 120 Å². The number of hydrogen-bond donors (Lipinski definition) is 2. The lowest BCUT2D eigenvalue weighted by Gasteiger charge is -2.12. The summed E-state index contributed by atoms with van der Waals surface area (Å²) in [6.45, 7) is -1.25. The lowest BCUT2D eigenvalue weighted by Crippen LogP contribution is -2.36. The number of aliphatic carboxylic acids is 2. The minimum Gasteiger partial charge on any atom is -0.480 e. The van der Waals surface area contributed by atoms with Crippen molar-refractivity contribution in [2.45, 2.75) is 11.4 Å². The number of carboxylic acids is 2. The van der Waals surface area contributed by atoms with Crippen molar-refractivity contribution in [3.05, 3.63) is 54.9 Å². The molecule has 2 aliphatic rings. The van der Waals surface area contributed by atoms with E-state index in [1.165, 1.54) is 11.8 Å². The van der Waals surface area contributed by atoms with E-state index in [4.69, 9.17) is 17.3 Å². The molecule has 4 rings (SSSR count). The van der Waals surface area contributed by atoms with Gasteiger partial charge in [-0.1, -0.05) is 47.9 Å². The predicted octanol–water partition coefficient (Wildman–Crippen LogP) is 0.911. The summed E-state index contributed by atoms with van der Waals surface area (Å²) in [6, 6.07) is 7.85. The van der Waals surface area contributed by atoms with Crippen LogP contribution in [-0.2, 0) is 20.9 Å². The molecule has 0 spiro atoms. The Balaban J connectivity index is 1.82. The number of aromatic nitrogens is 1. The Hall–Kier alpha value is -2.87. The smallest absolute Gasteiger partial charge is 0.323 e. The fraction of sp³-hybridized carbons (Fsp3) is 0.150. The van der Waals surface area contributed by atoms with Crippen LogP contribution in [0.2, 0.25) is 0 Å². The van der Waals surface area contributed by atoms with E-state index in [1.54, 1.807) is 12.2 Å². The Morgan fingerprint density at radius 2 is 1.76 bits per heavy atom. The van der Waals surface area contributed by atoms with Crippen LogP contribution in [0, 0.1) is 0 Å². The molecule has 0 radical (unpaired) electrons. The van der Waals surface area contributed by atoms with Gasteiger partial charge in [0.2, 0.25) is 0 Å². The second-order valence-electron chi connectivity index (χ2n) is 6.84. The first-order valence-corrected chi connectivity index (χ1v) is 12.2. The van der Waals surface area contributed by atoms with E-state index >= 15 is 0 Å². The number of rotatable bonds is 5. The lowest BCUT2D eigenvalue weighted by atomic mass is 10.3. The van der Waals surface area contributed by atoms with Crippen molar-refractivity contribution in [2.24, 2.45) is 0 Å². The van der Waals surface area contributed by atoms with Gasteiger partial charge in [0.1, 0.15) is 27.0 Å². The zero-order chi connectivity index (χ0) is 23.9. The molecule has 2 N–H and O–H groups in total. The second-order valence-corrected chi connectivity index (χ2v) is 10.6. The van der Waals surface area contributed by atoms with Gasteiger partial charge >= 0.3 is 11.9 Å². The minimum absolute atomic E-state index is 0.0366. The molecule has 33 heavy (non-hydrogen) atoms. The maximum absolute atomic E-state index is 13.0. The highest BCUT2D eigenvalue weighted by molar-refractivity contribution is 8.30. The summed E-state index contributed by atoms with van der Waals surface area (Å²) >= 11 is 8.47. The molecule has 0 aliphatic carbocycles. The van der Waals surface area contributed by atoms with Crippen LogP contribution >= 0.6 is 47.1 Å². The molecule has 1 fully saturated rings. The molecule has 0 unspecified atom stereocenters. The van der Waals surface area contributed by atoms with Crippen molar-refractivity contribution in [3.8, 4) is 0 Å². The largest absolute Gasteiger partial charge is 0.480 e. The third kappa shape index (κ3) is 4.49. The van der Waals surface area contributed by atoms with Crippen LogP contribution in [0.3, 0.4) is 0 Å². The summed E-state index contributed by atoms with van der Waals surface area (Å²) < 4.78 is 1.42. The van der Waals surface area contributed by atoms with E-state index < -0.39 is 36.5 Å². The Kier molecular flexibility index (Phi) is 6.47. The number of anilines is 1. The zero-order valence-corrected chi connectivity index (χ0v) is 20.1. The lowest BCUT2D eigenvalue weighted by molar-refractivity contribution is -0.140. The van der Waals surface area contributed by atoms with Gasteiger partial charge in [-0.05, 0) is 24.3 Å². The average Bonchev–Trinajstić information content (AvgIpc) is 3.34. The monoisotopic (exact) mass is 521 g/mol. The fourth-order valence-corrected chi connectivity index (χ4v) is 6.70. The van der Waals surface area contributed by atoms with Crippen LogP contribution < -0.4 is 19.7 Å². The fourth-order valence-electron chi connectivity index (χ4n) is 3.19. The number of amides is 1. The SMILES string of the molecule is CN1C(=CC=c2sc(=C3SC(=S)N(CC(=O)O)C3=O)n(CC(=O)O)c2=O)Sc2ccccc21. The predicted molar refractivity (Wildman–Crippen MR) is 132 cm³/mol. The highest BCUT2D eigenvalue weighted by Crippen LogP contribution is 2.44. The van der Waals surface area contributed by atoms with E-state index in [2.05, 4.69) is 0 Å². The molecule has 1 aromatic heterocycles. The van der Waals surface area contributed by atoms with Gasteiger partial charge in [0, 0.05) is 11.9 Å². The highest BCUT2D eigenvalue weighted by Gasteiger charge is 2.35. The quantitative estimate of drug-likeness (QED) is 0.550. The van der Waals surface area contributed by atoms with E-state index in [9.17, 15) is 24.3 Å². The minimum atomic E-state index is -1.25. The van der Waals surface area contributed by atoms with Gasteiger partial charge in [-0.3, -0.25) is 28.6 Å². The second kappa shape index (κ2) is 9.17. The van der Waals surface area contributed by atoms with Crippen LogP contribution in [0.5, 0.6) is 0 Å².